The Bertz CT molecular complexity index is 633. The first kappa shape index (κ1) is 16.4. The van der Waals surface area contributed by atoms with Gasteiger partial charge in [0.15, 0.2) is 0 Å². The third-order valence-corrected chi connectivity index (χ3v) is 4.48. The molecule has 1 amide bonds. The normalized spacial score (nSPS) is 12.5. The maximum absolute atomic E-state index is 11.8. The van der Waals surface area contributed by atoms with E-state index < -0.39 is 12.0 Å². The fourth-order valence-corrected chi connectivity index (χ4v) is 3.20. The smallest absolute Gasteiger partial charge is 0.326 e. The zero-order valence-corrected chi connectivity index (χ0v) is 13.5. The predicted octanol–water partition coefficient (Wildman–Crippen LogP) is 2.84. The lowest BCUT2D eigenvalue weighted by Gasteiger charge is -2.17. The van der Waals surface area contributed by atoms with E-state index in [0.29, 0.717) is 12.8 Å². The zero-order chi connectivity index (χ0) is 16.1. The first-order valence-corrected chi connectivity index (χ1v) is 8.15. The van der Waals surface area contributed by atoms with Gasteiger partial charge in [-0.3, -0.25) is 4.79 Å². The minimum atomic E-state index is -0.991. The first-order valence-electron chi connectivity index (χ1n) is 7.34. The van der Waals surface area contributed by atoms with E-state index in [1.807, 2.05) is 24.3 Å². The van der Waals surface area contributed by atoms with E-state index in [1.54, 1.807) is 25.2 Å². The van der Waals surface area contributed by atoms with Crippen LogP contribution in [0.3, 0.4) is 0 Å². The van der Waals surface area contributed by atoms with Crippen LogP contribution in [-0.2, 0) is 16.0 Å². The number of aromatic nitrogens is 1. The molecule has 5 nitrogen and oxygen atoms in total. The quantitative estimate of drug-likeness (QED) is 0.822. The molecular formula is C16H20N2O3S. The fraction of sp³-hybridized carbons (Fsp3) is 0.438. The standard InChI is InChI=1S/C16H20N2O3S/c1-10(2)15(16(20)21)18-13(19)8-5-9-14-17-11-6-3-4-7-12(11)22-14/h3-4,6-7,10,15H,5,8-9H2,1-2H3,(H,18,19)(H,20,21)/t15-/m0/s1. The highest BCUT2D eigenvalue weighted by Crippen LogP contribution is 2.22. The number of thiazole rings is 1. The molecule has 0 saturated heterocycles. The number of rotatable bonds is 7. The van der Waals surface area contributed by atoms with Crippen molar-refractivity contribution in [1.29, 1.82) is 0 Å². The van der Waals surface area contributed by atoms with Crippen LogP contribution in [0.1, 0.15) is 31.7 Å². The third kappa shape index (κ3) is 4.27. The van der Waals surface area contributed by atoms with E-state index in [-0.39, 0.29) is 11.8 Å². The number of carboxylic acid groups (broad SMARTS) is 1. The number of aliphatic carboxylic acids is 1. The van der Waals surface area contributed by atoms with Crippen LogP contribution in [0.2, 0.25) is 0 Å². The van der Waals surface area contributed by atoms with Crippen molar-refractivity contribution >= 4 is 33.4 Å². The highest BCUT2D eigenvalue weighted by atomic mass is 32.1. The lowest BCUT2D eigenvalue weighted by molar-refractivity contribution is -0.143. The van der Waals surface area contributed by atoms with Crippen LogP contribution in [0.5, 0.6) is 0 Å². The largest absolute Gasteiger partial charge is 0.480 e. The van der Waals surface area contributed by atoms with E-state index in [0.717, 1.165) is 21.6 Å². The number of hydrogen-bond acceptors (Lipinski definition) is 4. The molecule has 0 aliphatic carbocycles. The minimum absolute atomic E-state index is 0.134. The van der Waals surface area contributed by atoms with Gasteiger partial charge in [0.25, 0.3) is 0 Å². The molecule has 1 atom stereocenters. The van der Waals surface area contributed by atoms with Crippen molar-refractivity contribution in [3.8, 4) is 0 Å². The van der Waals surface area contributed by atoms with E-state index in [9.17, 15) is 9.59 Å². The molecule has 2 aromatic rings. The monoisotopic (exact) mass is 320 g/mol. The summed E-state index contributed by atoms with van der Waals surface area (Å²) in [4.78, 5) is 27.4. The van der Waals surface area contributed by atoms with Gasteiger partial charge in [0.2, 0.25) is 5.91 Å². The van der Waals surface area contributed by atoms with E-state index in [2.05, 4.69) is 10.3 Å². The maximum atomic E-state index is 11.8. The summed E-state index contributed by atoms with van der Waals surface area (Å²) < 4.78 is 1.15. The minimum Gasteiger partial charge on any atom is -0.480 e. The summed E-state index contributed by atoms with van der Waals surface area (Å²) in [6, 6.07) is 7.12. The Morgan fingerprint density at radius 1 is 1.32 bits per heavy atom. The molecule has 2 N–H and O–H groups in total. The number of para-hydroxylation sites is 1. The van der Waals surface area contributed by atoms with Crippen LogP contribution in [0, 0.1) is 5.92 Å². The molecule has 0 unspecified atom stereocenters. The molecule has 1 heterocycles. The van der Waals surface area contributed by atoms with Gasteiger partial charge in [-0.05, 0) is 30.9 Å². The number of carbonyl (C=O) groups is 2. The van der Waals surface area contributed by atoms with Gasteiger partial charge >= 0.3 is 5.97 Å². The molecule has 0 aliphatic heterocycles. The average molecular weight is 320 g/mol. The molecule has 1 aromatic carbocycles. The molecule has 118 valence electrons. The van der Waals surface area contributed by atoms with Gasteiger partial charge in [-0.2, -0.15) is 0 Å². The highest BCUT2D eigenvalue weighted by molar-refractivity contribution is 7.18. The first-order chi connectivity index (χ1) is 10.5. The summed E-state index contributed by atoms with van der Waals surface area (Å²) in [5, 5.41) is 12.6. The summed E-state index contributed by atoms with van der Waals surface area (Å²) in [5.74, 6) is -1.34. The van der Waals surface area contributed by atoms with E-state index in [4.69, 9.17) is 5.11 Å². The molecule has 0 aliphatic rings. The second kappa shape index (κ2) is 7.35. The highest BCUT2D eigenvalue weighted by Gasteiger charge is 2.22. The summed E-state index contributed by atoms with van der Waals surface area (Å²) >= 11 is 1.64. The summed E-state index contributed by atoms with van der Waals surface area (Å²) in [6.07, 6.45) is 1.70. The number of carboxylic acids is 1. The molecule has 0 fully saturated rings. The molecular weight excluding hydrogens is 300 g/mol. The summed E-state index contributed by atoms with van der Waals surface area (Å²) in [6.45, 7) is 3.56. The molecule has 1 aromatic heterocycles. The molecule has 0 bridgehead atoms. The molecule has 0 radical (unpaired) electrons. The van der Waals surface area contributed by atoms with E-state index >= 15 is 0 Å². The van der Waals surface area contributed by atoms with Crippen LogP contribution in [0.4, 0.5) is 0 Å². The number of amides is 1. The van der Waals surface area contributed by atoms with Crippen molar-refractivity contribution in [2.75, 3.05) is 0 Å². The van der Waals surface area contributed by atoms with Crippen molar-refractivity contribution in [2.45, 2.75) is 39.2 Å². The van der Waals surface area contributed by atoms with Gasteiger partial charge in [-0.1, -0.05) is 26.0 Å². The van der Waals surface area contributed by atoms with Crippen LogP contribution < -0.4 is 5.32 Å². The maximum Gasteiger partial charge on any atom is 0.326 e. The van der Waals surface area contributed by atoms with Crippen molar-refractivity contribution in [3.05, 3.63) is 29.3 Å². The lowest BCUT2D eigenvalue weighted by atomic mass is 10.0. The zero-order valence-electron chi connectivity index (χ0n) is 12.7. The lowest BCUT2D eigenvalue weighted by Crippen LogP contribution is -2.44. The van der Waals surface area contributed by atoms with Crippen molar-refractivity contribution < 1.29 is 14.7 Å². The van der Waals surface area contributed by atoms with Crippen molar-refractivity contribution in [3.63, 3.8) is 0 Å². The number of carbonyl (C=O) groups excluding carboxylic acids is 1. The van der Waals surface area contributed by atoms with Gasteiger partial charge in [-0.15, -0.1) is 11.3 Å². The van der Waals surface area contributed by atoms with Gasteiger partial charge < -0.3 is 10.4 Å². The Labute approximate surface area is 133 Å². The van der Waals surface area contributed by atoms with Gasteiger partial charge in [-0.25, -0.2) is 9.78 Å². The Balaban J connectivity index is 1.82. The van der Waals surface area contributed by atoms with Crippen molar-refractivity contribution in [2.24, 2.45) is 5.92 Å². The Hall–Kier alpha value is -1.95. The van der Waals surface area contributed by atoms with Crippen LogP contribution in [0.15, 0.2) is 24.3 Å². The summed E-state index contributed by atoms with van der Waals surface area (Å²) in [7, 11) is 0. The van der Waals surface area contributed by atoms with Crippen molar-refractivity contribution in [1.82, 2.24) is 10.3 Å². The number of hydrogen-bond donors (Lipinski definition) is 2. The fourth-order valence-electron chi connectivity index (χ4n) is 2.19. The predicted molar refractivity (Wildman–Crippen MR) is 87.0 cm³/mol. The SMILES string of the molecule is CC(C)[C@H](NC(=O)CCCc1nc2ccccc2s1)C(=O)O. The molecule has 2 rings (SSSR count). The number of benzene rings is 1. The van der Waals surface area contributed by atoms with Crippen LogP contribution >= 0.6 is 11.3 Å². The van der Waals surface area contributed by atoms with Crippen LogP contribution in [0.25, 0.3) is 10.2 Å². The van der Waals surface area contributed by atoms with Crippen LogP contribution in [-0.4, -0.2) is 28.0 Å². The Morgan fingerprint density at radius 2 is 2.05 bits per heavy atom. The number of fused-ring (bicyclic) bond motifs is 1. The number of nitrogens with one attached hydrogen (secondary N) is 1. The van der Waals surface area contributed by atoms with E-state index in [1.165, 1.54) is 0 Å². The summed E-state index contributed by atoms with van der Waals surface area (Å²) in [5.41, 5.74) is 0.984. The second-order valence-corrected chi connectivity index (χ2v) is 6.67. The second-order valence-electron chi connectivity index (χ2n) is 5.56. The molecule has 22 heavy (non-hydrogen) atoms. The number of aryl methyl sites for hydroxylation is 1. The van der Waals surface area contributed by atoms with Gasteiger partial charge in [0.05, 0.1) is 15.2 Å². The average Bonchev–Trinajstić information content (AvgIpc) is 2.86. The number of nitrogens with zero attached hydrogens (tertiary/aromatic N) is 1. The molecule has 0 saturated carbocycles. The van der Waals surface area contributed by atoms with Gasteiger partial charge in [0.1, 0.15) is 6.04 Å². The Morgan fingerprint density at radius 3 is 2.68 bits per heavy atom. The van der Waals surface area contributed by atoms with Gasteiger partial charge in [0, 0.05) is 6.42 Å². The topological polar surface area (TPSA) is 79.3 Å². The molecule has 0 spiro atoms. The Kier molecular flexibility index (Phi) is 5.49. The molecule has 6 heteroatoms. The third-order valence-electron chi connectivity index (χ3n) is 3.38.